The molecule has 1 N–H and O–H groups in total. The van der Waals surface area contributed by atoms with Gasteiger partial charge in [-0.25, -0.2) is 4.79 Å². The molecular weight excluding hydrogens is 388 g/mol. The molecule has 0 radical (unpaired) electrons. The third-order valence-electron chi connectivity index (χ3n) is 5.81. The van der Waals surface area contributed by atoms with Crippen LogP contribution in [0.2, 0.25) is 0 Å². The maximum atomic E-state index is 12.9. The van der Waals surface area contributed by atoms with Crippen LogP contribution < -0.4 is 10.2 Å². The number of hydrogen-bond acceptors (Lipinski definition) is 4. The molecule has 0 heterocycles. The van der Waals surface area contributed by atoms with E-state index in [9.17, 15) is 9.59 Å². The van der Waals surface area contributed by atoms with E-state index in [-0.39, 0.29) is 5.91 Å². The normalized spacial score (nSPS) is 12.6. The fourth-order valence-corrected chi connectivity index (χ4v) is 4.15. The Kier molecular flexibility index (Phi) is 6.03. The predicted molar refractivity (Wildman–Crippen MR) is 123 cm³/mol. The summed E-state index contributed by atoms with van der Waals surface area (Å²) < 4.78 is 4.71. The van der Waals surface area contributed by atoms with Gasteiger partial charge < -0.3 is 15.0 Å². The zero-order valence-corrected chi connectivity index (χ0v) is 17.9. The predicted octanol–water partition coefficient (Wildman–Crippen LogP) is 5.37. The van der Waals surface area contributed by atoms with Gasteiger partial charge in [-0.15, -0.1) is 0 Å². The highest BCUT2D eigenvalue weighted by molar-refractivity contribution is 6.06. The van der Waals surface area contributed by atoms with Gasteiger partial charge in [-0.3, -0.25) is 4.79 Å². The Bertz CT molecular complexity index is 1110. The zero-order chi connectivity index (χ0) is 21.8. The maximum Gasteiger partial charge on any atom is 0.337 e. The van der Waals surface area contributed by atoms with Gasteiger partial charge in [0, 0.05) is 18.3 Å². The van der Waals surface area contributed by atoms with Crippen LogP contribution in [-0.2, 0) is 17.6 Å². The van der Waals surface area contributed by atoms with Crippen LogP contribution in [0.4, 0.5) is 17.1 Å². The molecule has 1 aliphatic carbocycles. The van der Waals surface area contributed by atoms with Gasteiger partial charge in [-0.2, -0.15) is 0 Å². The minimum Gasteiger partial charge on any atom is -0.465 e. The molecule has 1 aliphatic rings. The Hall–Kier alpha value is -3.60. The minimum absolute atomic E-state index is 0.229. The van der Waals surface area contributed by atoms with Gasteiger partial charge in [-0.05, 0) is 79.3 Å². The molecule has 0 aliphatic heterocycles. The van der Waals surface area contributed by atoms with E-state index in [2.05, 4.69) is 28.4 Å². The summed E-state index contributed by atoms with van der Waals surface area (Å²) in [6, 6.07) is 20.7. The quantitative estimate of drug-likeness (QED) is 0.570. The van der Waals surface area contributed by atoms with E-state index in [1.165, 1.54) is 36.8 Å². The average Bonchev–Trinajstić information content (AvgIpc) is 2.83. The number of carbonyl (C=O) groups is 2. The van der Waals surface area contributed by atoms with Crippen LogP contribution in [-0.4, -0.2) is 26.0 Å². The smallest absolute Gasteiger partial charge is 0.337 e. The molecule has 31 heavy (non-hydrogen) atoms. The number of para-hydroxylation sites is 2. The van der Waals surface area contributed by atoms with Crippen LogP contribution in [0.1, 0.15) is 44.7 Å². The molecule has 3 aromatic rings. The first-order chi connectivity index (χ1) is 15.1. The maximum absolute atomic E-state index is 12.9. The van der Waals surface area contributed by atoms with Gasteiger partial charge in [0.15, 0.2) is 0 Å². The van der Waals surface area contributed by atoms with Crippen molar-refractivity contribution in [2.24, 2.45) is 0 Å². The number of fused-ring (bicyclic) bond motifs is 1. The molecule has 0 bridgehead atoms. The summed E-state index contributed by atoms with van der Waals surface area (Å²) in [5.41, 5.74) is 6.55. The monoisotopic (exact) mass is 414 g/mol. The van der Waals surface area contributed by atoms with Crippen molar-refractivity contribution in [1.82, 2.24) is 0 Å². The van der Waals surface area contributed by atoms with Crippen molar-refractivity contribution in [3.8, 4) is 0 Å². The number of aryl methyl sites for hydroxylation is 1. The topological polar surface area (TPSA) is 58.6 Å². The third kappa shape index (κ3) is 4.31. The van der Waals surface area contributed by atoms with Gasteiger partial charge in [0.25, 0.3) is 5.91 Å². The lowest BCUT2D eigenvalue weighted by molar-refractivity contribution is 0.0600. The Morgan fingerprint density at radius 3 is 2.29 bits per heavy atom. The number of ether oxygens (including phenoxy) is 1. The van der Waals surface area contributed by atoms with Gasteiger partial charge in [-0.1, -0.05) is 24.3 Å². The van der Waals surface area contributed by atoms with Crippen molar-refractivity contribution in [2.75, 3.05) is 24.4 Å². The number of hydrogen-bond donors (Lipinski definition) is 1. The number of amides is 1. The standard InChI is InChI=1S/C26H26N2O3/c1-28(23-13-7-9-18-8-3-4-10-21(18)23)24-12-6-5-11-22(24)27-25(29)19-14-16-20(17-15-19)26(30)31-2/h5-7,9,11-17H,3-4,8,10H2,1-2H3,(H,27,29). The second-order valence-corrected chi connectivity index (χ2v) is 7.72. The molecule has 0 unspecified atom stereocenters. The molecule has 0 atom stereocenters. The third-order valence-corrected chi connectivity index (χ3v) is 5.81. The van der Waals surface area contributed by atoms with E-state index in [0.29, 0.717) is 11.1 Å². The van der Waals surface area contributed by atoms with Crippen LogP contribution >= 0.6 is 0 Å². The van der Waals surface area contributed by atoms with E-state index in [4.69, 9.17) is 4.74 Å². The second-order valence-electron chi connectivity index (χ2n) is 7.72. The summed E-state index contributed by atoms with van der Waals surface area (Å²) in [5.74, 6) is -0.655. The number of nitrogens with one attached hydrogen (secondary N) is 1. The molecule has 0 saturated carbocycles. The number of nitrogens with zero attached hydrogens (tertiary/aromatic N) is 1. The van der Waals surface area contributed by atoms with Gasteiger partial charge in [0.2, 0.25) is 0 Å². The molecule has 158 valence electrons. The summed E-state index contributed by atoms with van der Waals surface area (Å²) in [6.07, 6.45) is 4.65. The lowest BCUT2D eigenvalue weighted by Crippen LogP contribution is -2.18. The largest absolute Gasteiger partial charge is 0.465 e. The molecule has 3 aromatic carbocycles. The van der Waals surface area contributed by atoms with Crippen molar-refractivity contribution < 1.29 is 14.3 Å². The second kappa shape index (κ2) is 9.04. The Morgan fingerprint density at radius 2 is 1.52 bits per heavy atom. The number of rotatable bonds is 5. The lowest BCUT2D eigenvalue weighted by atomic mass is 9.90. The van der Waals surface area contributed by atoms with Crippen LogP contribution in [0, 0.1) is 0 Å². The molecule has 0 aromatic heterocycles. The number of benzene rings is 3. The summed E-state index contributed by atoms with van der Waals surface area (Å²) in [7, 11) is 3.38. The highest BCUT2D eigenvalue weighted by Crippen LogP contribution is 2.36. The zero-order valence-electron chi connectivity index (χ0n) is 17.9. The summed E-state index contributed by atoms with van der Waals surface area (Å²) in [5, 5.41) is 3.02. The Balaban J connectivity index is 1.59. The molecule has 4 rings (SSSR count). The molecular formula is C26H26N2O3. The van der Waals surface area contributed by atoms with Crippen molar-refractivity contribution in [3.63, 3.8) is 0 Å². The number of methoxy groups -OCH3 is 1. The fourth-order valence-electron chi connectivity index (χ4n) is 4.15. The number of anilines is 3. The summed E-state index contributed by atoms with van der Waals surface area (Å²) >= 11 is 0. The lowest BCUT2D eigenvalue weighted by Gasteiger charge is -2.28. The van der Waals surface area contributed by atoms with Crippen molar-refractivity contribution in [3.05, 3.63) is 89.0 Å². The van der Waals surface area contributed by atoms with Crippen molar-refractivity contribution >= 4 is 28.9 Å². The first-order valence-corrected chi connectivity index (χ1v) is 10.5. The first kappa shape index (κ1) is 20.7. The van der Waals surface area contributed by atoms with Crippen LogP contribution in [0.5, 0.6) is 0 Å². The van der Waals surface area contributed by atoms with Crippen molar-refractivity contribution in [2.45, 2.75) is 25.7 Å². The average molecular weight is 415 g/mol. The van der Waals surface area contributed by atoms with Crippen LogP contribution in [0.15, 0.2) is 66.7 Å². The summed E-state index contributed by atoms with van der Waals surface area (Å²) in [4.78, 5) is 26.6. The van der Waals surface area contributed by atoms with E-state index in [1.807, 2.05) is 31.3 Å². The highest BCUT2D eigenvalue weighted by Gasteiger charge is 2.18. The number of carbonyl (C=O) groups excluding carboxylic acids is 2. The van der Waals surface area contributed by atoms with Gasteiger partial charge >= 0.3 is 5.97 Å². The molecule has 5 heteroatoms. The van der Waals surface area contributed by atoms with E-state index in [1.54, 1.807) is 24.3 Å². The molecule has 1 amide bonds. The molecule has 5 nitrogen and oxygen atoms in total. The van der Waals surface area contributed by atoms with Gasteiger partial charge in [0.1, 0.15) is 0 Å². The highest BCUT2D eigenvalue weighted by atomic mass is 16.5. The number of esters is 1. The molecule has 0 spiro atoms. The van der Waals surface area contributed by atoms with E-state index < -0.39 is 5.97 Å². The van der Waals surface area contributed by atoms with Crippen LogP contribution in [0.3, 0.4) is 0 Å². The molecule has 0 saturated heterocycles. The Labute approximate surface area is 182 Å². The minimum atomic E-state index is -0.426. The molecule has 0 fully saturated rings. The van der Waals surface area contributed by atoms with E-state index >= 15 is 0 Å². The summed E-state index contributed by atoms with van der Waals surface area (Å²) in [6.45, 7) is 0. The SMILES string of the molecule is COC(=O)c1ccc(C(=O)Nc2ccccc2N(C)c2cccc3c2CCCC3)cc1. The van der Waals surface area contributed by atoms with Gasteiger partial charge in [0.05, 0.1) is 24.0 Å². The van der Waals surface area contributed by atoms with E-state index in [0.717, 1.165) is 24.2 Å². The first-order valence-electron chi connectivity index (χ1n) is 10.5. The van der Waals surface area contributed by atoms with Crippen molar-refractivity contribution in [1.29, 1.82) is 0 Å². The van der Waals surface area contributed by atoms with Crippen LogP contribution in [0.25, 0.3) is 0 Å². The Morgan fingerprint density at radius 1 is 0.839 bits per heavy atom. The fraction of sp³-hybridized carbons (Fsp3) is 0.231.